The van der Waals surface area contributed by atoms with Crippen LogP contribution in [0.15, 0.2) is 12.4 Å². The van der Waals surface area contributed by atoms with E-state index in [-0.39, 0.29) is 12.7 Å². The summed E-state index contributed by atoms with van der Waals surface area (Å²) in [6, 6.07) is -0.876. The highest BCUT2D eigenvalue weighted by molar-refractivity contribution is 5.76. The zero-order chi connectivity index (χ0) is 13.5. The first-order valence-corrected chi connectivity index (χ1v) is 5.50. The molecule has 1 atom stereocenters. The van der Waals surface area contributed by atoms with Crippen LogP contribution < -0.4 is 10.1 Å². The quantitative estimate of drug-likeness (QED) is 0.743. The Morgan fingerprint density at radius 3 is 2.78 bits per heavy atom. The summed E-state index contributed by atoms with van der Waals surface area (Å²) in [6.45, 7) is 3.77. The van der Waals surface area contributed by atoms with Gasteiger partial charge in [0.25, 0.3) is 0 Å². The van der Waals surface area contributed by atoms with Crippen LogP contribution in [0.1, 0.15) is 13.8 Å². The van der Waals surface area contributed by atoms with Gasteiger partial charge in [0.15, 0.2) is 0 Å². The molecule has 7 heteroatoms. The number of carboxylic acids is 1. The van der Waals surface area contributed by atoms with Crippen molar-refractivity contribution in [2.45, 2.75) is 26.0 Å². The lowest BCUT2D eigenvalue weighted by atomic mass is 10.3. The highest BCUT2D eigenvalue weighted by Crippen LogP contribution is 2.11. The van der Waals surface area contributed by atoms with Crippen LogP contribution in [-0.2, 0) is 9.53 Å². The molecular weight excluding hydrogens is 238 g/mol. The van der Waals surface area contributed by atoms with Gasteiger partial charge in [0, 0.05) is 7.11 Å². The Morgan fingerprint density at radius 2 is 2.22 bits per heavy atom. The SMILES string of the molecule is COCC(Nc1cncc(OC(C)C)n1)C(=O)O. The number of hydrogen-bond acceptors (Lipinski definition) is 6. The second kappa shape index (κ2) is 6.75. The molecule has 1 heterocycles. The maximum Gasteiger partial charge on any atom is 0.328 e. The van der Waals surface area contributed by atoms with Crippen LogP contribution >= 0.6 is 0 Å². The number of hydrogen-bond donors (Lipinski definition) is 2. The van der Waals surface area contributed by atoms with Gasteiger partial charge in [0.05, 0.1) is 25.1 Å². The van der Waals surface area contributed by atoms with Gasteiger partial charge in [0.2, 0.25) is 5.88 Å². The van der Waals surface area contributed by atoms with E-state index in [9.17, 15) is 4.79 Å². The summed E-state index contributed by atoms with van der Waals surface area (Å²) in [5, 5.41) is 11.7. The molecule has 0 bridgehead atoms. The van der Waals surface area contributed by atoms with Crippen LogP contribution in [0.25, 0.3) is 0 Å². The number of aromatic nitrogens is 2. The van der Waals surface area contributed by atoms with Crippen LogP contribution in [-0.4, -0.2) is 46.9 Å². The maximum absolute atomic E-state index is 10.9. The molecule has 0 aliphatic heterocycles. The number of methoxy groups -OCH3 is 1. The highest BCUT2D eigenvalue weighted by atomic mass is 16.5. The average Bonchev–Trinajstić information content (AvgIpc) is 2.28. The first-order valence-electron chi connectivity index (χ1n) is 5.50. The standard InChI is InChI=1S/C11H17N3O4/c1-7(2)18-10-5-12-4-9(14-10)13-8(6-17-3)11(15)16/h4-5,7-8H,6H2,1-3H3,(H,13,14)(H,15,16). The molecule has 0 amide bonds. The van der Waals surface area contributed by atoms with Crippen molar-refractivity contribution in [1.82, 2.24) is 9.97 Å². The molecule has 1 unspecified atom stereocenters. The van der Waals surface area contributed by atoms with E-state index in [1.54, 1.807) is 0 Å². The fraction of sp³-hybridized carbons (Fsp3) is 0.545. The normalized spacial score (nSPS) is 12.2. The molecule has 1 rings (SSSR count). The minimum absolute atomic E-state index is 0.0243. The molecule has 18 heavy (non-hydrogen) atoms. The molecule has 0 radical (unpaired) electrons. The predicted octanol–water partition coefficient (Wildman–Crippen LogP) is 0.775. The van der Waals surface area contributed by atoms with Gasteiger partial charge in [-0.15, -0.1) is 0 Å². The van der Waals surface area contributed by atoms with E-state index in [1.807, 2.05) is 13.8 Å². The van der Waals surface area contributed by atoms with Gasteiger partial charge in [0.1, 0.15) is 11.9 Å². The number of carbonyl (C=O) groups is 1. The summed E-state index contributed by atoms with van der Waals surface area (Å²) in [6.07, 6.45) is 2.87. The summed E-state index contributed by atoms with van der Waals surface area (Å²) in [5.74, 6) is -0.344. The predicted molar refractivity (Wildman–Crippen MR) is 64.7 cm³/mol. The van der Waals surface area contributed by atoms with E-state index in [1.165, 1.54) is 19.5 Å². The van der Waals surface area contributed by atoms with Crippen molar-refractivity contribution in [3.05, 3.63) is 12.4 Å². The molecule has 0 fully saturated rings. The largest absolute Gasteiger partial charge is 0.480 e. The van der Waals surface area contributed by atoms with E-state index >= 15 is 0 Å². The summed E-state index contributed by atoms with van der Waals surface area (Å²) in [7, 11) is 1.43. The number of rotatable bonds is 7. The zero-order valence-electron chi connectivity index (χ0n) is 10.6. The topological polar surface area (TPSA) is 93.6 Å². The molecule has 0 aromatic carbocycles. The molecule has 2 N–H and O–H groups in total. The molecule has 100 valence electrons. The van der Waals surface area contributed by atoms with Gasteiger partial charge in [-0.1, -0.05) is 0 Å². The smallest absolute Gasteiger partial charge is 0.328 e. The molecule has 0 aliphatic rings. The minimum atomic E-state index is -1.02. The first-order chi connectivity index (χ1) is 8.52. The monoisotopic (exact) mass is 255 g/mol. The van der Waals surface area contributed by atoms with Gasteiger partial charge >= 0.3 is 5.97 Å². The molecular formula is C11H17N3O4. The Hall–Kier alpha value is -1.89. The minimum Gasteiger partial charge on any atom is -0.480 e. The number of ether oxygens (including phenoxy) is 2. The number of nitrogens with one attached hydrogen (secondary N) is 1. The van der Waals surface area contributed by atoms with Gasteiger partial charge in [-0.05, 0) is 13.8 Å². The molecule has 7 nitrogen and oxygen atoms in total. The fourth-order valence-electron chi connectivity index (χ4n) is 1.24. The Morgan fingerprint density at radius 1 is 1.50 bits per heavy atom. The second-order valence-electron chi connectivity index (χ2n) is 3.90. The van der Waals surface area contributed by atoms with Gasteiger partial charge in [-0.3, -0.25) is 4.98 Å². The van der Waals surface area contributed by atoms with Crippen LogP contribution in [0.5, 0.6) is 5.88 Å². The maximum atomic E-state index is 10.9. The molecule has 0 saturated carbocycles. The molecule has 1 aromatic rings. The van der Waals surface area contributed by atoms with E-state index < -0.39 is 12.0 Å². The summed E-state index contributed by atoms with van der Waals surface area (Å²) < 4.78 is 10.2. The first kappa shape index (κ1) is 14.2. The summed E-state index contributed by atoms with van der Waals surface area (Å²) in [5.41, 5.74) is 0. The zero-order valence-corrected chi connectivity index (χ0v) is 10.6. The Kier molecular flexibility index (Phi) is 5.31. The van der Waals surface area contributed by atoms with Crippen LogP contribution in [0, 0.1) is 0 Å². The number of nitrogens with zero attached hydrogens (tertiary/aromatic N) is 2. The van der Waals surface area contributed by atoms with Crippen molar-refractivity contribution in [2.75, 3.05) is 19.0 Å². The second-order valence-corrected chi connectivity index (χ2v) is 3.90. The van der Waals surface area contributed by atoms with Crippen LogP contribution in [0.3, 0.4) is 0 Å². The van der Waals surface area contributed by atoms with Gasteiger partial charge in [-0.25, -0.2) is 4.79 Å². The Balaban J connectivity index is 2.73. The average molecular weight is 255 g/mol. The highest BCUT2D eigenvalue weighted by Gasteiger charge is 2.17. The van der Waals surface area contributed by atoms with Crippen LogP contribution in [0.4, 0.5) is 5.82 Å². The molecule has 1 aromatic heterocycles. The van der Waals surface area contributed by atoms with Crippen molar-refractivity contribution in [2.24, 2.45) is 0 Å². The third kappa shape index (κ3) is 4.54. The summed E-state index contributed by atoms with van der Waals surface area (Å²) in [4.78, 5) is 19.0. The van der Waals surface area contributed by atoms with Crippen molar-refractivity contribution in [3.63, 3.8) is 0 Å². The number of anilines is 1. The third-order valence-electron chi connectivity index (χ3n) is 1.92. The fourth-order valence-corrected chi connectivity index (χ4v) is 1.24. The van der Waals surface area contributed by atoms with Gasteiger partial charge < -0.3 is 19.9 Å². The lowest BCUT2D eigenvalue weighted by molar-refractivity contribution is -0.139. The molecule has 0 saturated heterocycles. The van der Waals surface area contributed by atoms with Gasteiger partial charge in [-0.2, -0.15) is 4.98 Å². The number of carboxylic acid groups (broad SMARTS) is 1. The molecule has 0 aliphatic carbocycles. The van der Waals surface area contributed by atoms with Crippen molar-refractivity contribution < 1.29 is 19.4 Å². The van der Waals surface area contributed by atoms with E-state index in [2.05, 4.69) is 15.3 Å². The van der Waals surface area contributed by atoms with E-state index in [4.69, 9.17) is 14.6 Å². The molecule has 0 spiro atoms. The van der Waals surface area contributed by atoms with Crippen LogP contribution in [0.2, 0.25) is 0 Å². The lowest BCUT2D eigenvalue weighted by Gasteiger charge is -2.14. The van der Waals surface area contributed by atoms with Crippen molar-refractivity contribution in [3.8, 4) is 5.88 Å². The van der Waals surface area contributed by atoms with E-state index in [0.29, 0.717) is 11.7 Å². The lowest BCUT2D eigenvalue weighted by Crippen LogP contribution is -2.34. The Bertz CT molecular complexity index is 398. The number of aliphatic carboxylic acids is 1. The third-order valence-corrected chi connectivity index (χ3v) is 1.92. The summed E-state index contributed by atoms with van der Waals surface area (Å²) >= 11 is 0. The van der Waals surface area contributed by atoms with E-state index in [0.717, 1.165) is 0 Å². The van der Waals surface area contributed by atoms with Crippen molar-refractivity contribution in [1.29, 1.82) is 0 Å². The van der Waals surface area contributed by atoms with Crippen molar-refractivity contribution >= 4 is 11.8 Å². The Labute approximate surface area is 105 Å².